The van der Waals surface area contributed by atoms with Gasteiger partial charge in [0.05, 0.1) is 12.5 Å². The van der Waals surface area contributed by atoms with Gasteiger partial charge in [-0.05, 0) is 32.3 Å². The predicted octanol–water partition coefficient (Wildman–Crippen LogP) is 2.09. The van der Waals surface area contributed by atoms with Crippen molar-refractivity contribution in [3.8, 4) is 0 Å². The van der Waals surface area contributed by atoms with Gasteiger partial charge in [0.15, 0.2) is 5.82 Å². The van der Waals surface area contributed by atoms with Crippen LogP contribution in [0.5, 0.6) is 0 Å². The van der Waals surface area contributed by atoms with Crippen molar-refractivity contribution >= 4 is 17.8 Å². The maximum atomic E-state index is 12.8. The van der Waals surface area contributed by atoms with Crippen molar-refractivity contribution in [2.24, 2.45) is 0 Å². The smallest absolute Gasteiger partial charge is 0.325 e. The number of urea groups is 1. The Labute approximate surface area is 174 Å². The van der Waals surface area contributed by atoms with E-state index in [9.17, 15) is 14.4 Å². The fourth-order valence-corrected chi connectivity index (χ4v) is 4.11. The lowest BCUT2D eigenvalue weighted by Gasteiger charge is -2.24. The predicted molar refractivity (Wildman–Crippen MR) is 106 cm³/mol. The van der Waals surface area contributed by atoms with Gasteiger partial charge >= 0.3 is 6.03 Å². The number of carbonyl (C=O) groups excluding carboxylic acids is 3. The number of aromatic nitrogens is 2. The van der Waals surface area contributed by atoms with E-state index in [4.69, 9.17) is 4.52 Å². The van der Waals surface area contributed by atoms with E-state index in [0.29, 0.717) is 31.0 Å². The van der Waals surface area contributed by atoms with E-state index in [1.807, 2.05) is 30.3 Å². The third-order valence-electron chi connectivity index (χ3n) is 5.85. The maximum Gasteiger partial charge on any atom is 0.325 e. The number of carbonyl (C=O) groups is 3. The lowest BCUT2D eigenvalue weighted by molar-refractivity contribution is -0.138. The topological polar surface area (TPSA) is 117 Å². The van der Waals surface area contributed by atoms with Crippen molar-refractivity contribution in [1.82, 2.24) is 25.7 Å². The number of benzene rings is 1. The molecule has 2 N–H and O–H groups in total. The van der Waals surface area contributed by atoms with Gasteiger partial charge in [-0.25, -0.2) is 9.69 Å². The Morgan fingerprint density at radius 3 is 2.63 bits per heavy atom. The van der Waals surface area contributed by atoms with E-state index in [2.05, 4.69) is 20.8 Å². The highest BCUT2D eigenvalue weighted by Gasteiger charge is 2.54. The van der Waals surface area contributed by atoms with Crippen LogP contribution < -0.4 is 10.6 Å². The molecule has 30 heavy (non-hydrogen) atoms. The molecule has 2 heterocycles. The van der Waals surface area contributed by atoms with E-state index in [0.717, 1.165) is 23.3 Å². The Kier molecular flexibility index (Phi) is 5.27. The Morgan fingerprint density at radius 1 is 1.23 bits per heavy atom. The van der Waals surface area contributed by atoms with E-state index >= 15 is 0 Å². The molecule has 4 rings (SSSR count). The molecule has 0 radical (unpaired) electrons. The highest BCUT2D eigenvalue weighted by Crippen LogP contribution is 2.35. The number of rotatable bonds is 6. The lowest BCUT2D eigenvalue weighted by atomic mass is 9.97. The number of imide groups is 1. The minimum absolute atomic E-state index is 0.315. The van der Waals surface area contributed by atoms with Gasteiger partial charge in [0.1, 0.15) is 11.6 Å². The summed E-state index contributed by atoms with van der Waals surface area (Å²) in [5.41, 5.74) is 0.203. The van der Waals surface area contributed by atoms with Crippen molar-refractivity contribution in [2.45, 2.75) is 63.6 Å². The Hall–Kier alpha value is -3.23. The molecule has 4 amide bonds. The molecule has 9 heteroatoms. The fraction of sp³-hybridized carbons (Fsp3) is 0.476. The summed E-state index contributed by atoms with van der Waals surface area (Å²) in [5, 5.41) is 9.52. The molecule has 1 aliphatic heterocycles. The average molecular weight is 411 g/mol. The lowest BCUT2D eigenvalue weighted by Crippen LogP contribution is -2.50. The first-order valence-corrected chi connectivity index (χ1v) is 10.2. The molecule has 1 saturated heterocycles. The first kappa shape index (κ1) is 20.1. The molecule has 1 aliphatic carbocycles. The zero-order valence-electron chi connectivity index (χ0n) is 17.1. The van der Waals surface area contributed by atoms with Crippen LogP contribution in [0, 0.1) is 0 Å². The van der Waals surface area contributed by atoms with Gasteiger partial charge in [0.25, 0.3) is 5.91 Å². The number of nitrogens with one attached hydrogen (secondary N) is 2. The maximum absolute atomic E-state index is 12.8. The van der Waals surface area contributed by atoms with Crippen molar-refractivity contribution in [2.75, 3.05) is 0 Å². The van der Waals surface area contributed by atoms with Crippen molar-refractivity contribution in [3.05, 3.63) is 47.6 Å². The summed E-state index contributed by atoms with van der Waals surface area (Å²) in [4.78, 5) is 43.4. The molecular formula is C21H25N5O4. The van der Waals surface area contributed by atoms with Crippen molar-refractivity contribution in [1.29, 1.82) is 0 Å². The van der Waals surface area contributed by atoms with E-state index in [1.54, 1.807) is 13.8 Å². The SMILES string of the molecule is C[C@H](NC(=O)[C@H](C)N1C(=O)NC2(CCCC2)C1=O)c1noc(Cc2ccccc2)n1. The first-order valence-electron chi connectivity index (χ1n) is 10.2. The van der Waals surface area contributed by atoms with Gasteiger partial charge in [-0.3, -0.25) is 9.59 Å². The van der Waals surface area contributed by atoms with E-state index in [-0.39, 0.29) is 5.91 Å². The Balaban J connectivity index is 1.39. The summed E-state index contributed by atoms with van der Waals surface area (Å²) < 4.78 is 5.29. The van der Waals surface area contributed by atoms with Crippen LogP contribution >= 0.6 is 0 Å². The molecule has 2 aromatic rings. The van der Waals surface area contributed by atoms with Gasteiger partial charge in [0.2, 0.25) is 11.8 Å². The summed E-state index contributed by atoms with van der Waals surface area (Å²) in [7, 11) is 0. The first-order chi connectivity index (χ1) is 14.4. The highest BCUT2D eigenvalue weighted by molar-refractivity contribution is 6.10. The van der Waals surface area contributed by atoms with Crippen LogP contribution in [0.2, 0.25) is 0 Å². The second-order valence-corrected chi connectivity index (χ2v) is 8.01. The second-order valence-electron chi connectivity index (χ2n) is 8.01. The molecule has 158 valence electrons. The zero-order valence-corrected chi connectivity index (χ0v) is 17.1. The molecular weight excluding hydrogens is 386 g/mol. The van der Waals surface area contributed by atoms with Crippen LogP contribution in [0.15, 0.2) is 34.9 Å². The minimum atomic E-state index is -0.935. The largest absolute Gasteiger partial charge is 0.344 e. The minimum Gasteiger partial charge on any atom is -0.344 e. The third-order valence-corrected chi connectivity index (χ3v) is 5.85. The third kappa shape index (κ3) is 3.67. The summed E-state index contributed by atoms with van der Waals surface area (Å²) >= 11 is 0. The van der Waals surface area contributed by atoms with E-state index < -0.39 is 29.6 Å². The number of nitrogens with zero attached hydrogens (tertiary/aromatic N) is 3. The van der Waals surface area contributed by atoms with Crippen molar-refractivity contribution < 1.29 is 18.9 Å². The molecule has 2 aliphatic rings. The van der Waals surface area contributed by atoms with Crippen LogP contribution in [0.3, 0.4) is 0 Å². The molecule has 1 saturated carbocycles. The molecule has 1 spiro atoms. The van der Waals surface area contributed by atoms with Crippen LogP contribution in [-0.4, -0.2) is 44.5 Å². The number of amides is 4. The van der Waals surface area contributed by atoms with Crippen LogP contribution in [0.1, 0.15) is 62.9 Å². The Morgan fingerprint density at radius 2 is 1.93 bits per heavy atom. The van der Waals surface area contributed by atoms with Gasteiger partial charge in [0, 0.05) is 0 Å². The standard InChI is InChI=1S/C21H25N5O4/c1-13(17-23-16(30-25-17)12-15-8-4-3-5-9-15)22-18(27)14(2)26-19(28)21(24-20(26)29)10-6-7-11-21/h3-5,8-9,13-14H,6-7,10-12H2,1-2H3,(H,22,27)(H,24,29)/t13-,14-/m0/s1. The number of hydrogen-bond acceptors (Lipinski definition) is 6. The molecule has 0 unspecified atom stereocenters. The monoisotopic (exact) mass is 411 g/mol. The van der Waals surface area contributed by atoms with Crippen LogP contribution in [-0.2, 0) is 16.0 Å². The fourth-order valence-electron chi connectivity index (χ4n) is 4.11. The van der Waals surface area contributed by atoms with Gasteiger partial charge in [-0.1, -0.05) is 48.3 Å². The molecule has 1 aromatic heterocycles. The van der Waals surface area contributed by atoms with Crippen LogP contribution in [0.4, 0.5) is 4.79 Å². The molecule has 2 fully saturated rings. The zero-order chi connectivity index (χ0) is 21.3. The van der Waals surface area contributed by atoms with Gasteiger partial charge in [-0.2, -0.15) is 4.98 Å². The van der Waals surface area contributed by atoms with E-state index in [1.165, 1.54) is 0 Å². The second kappa shape index (κ2) is 7.89. The summed E-state index contributed by atoms with van der Waals surface area (Å²) in [6, 6.07) is 7.75. The number of hydrogen-bond donors (Lipinski definition) is 2. The molecule has 1 aromatic carbocycles. The summed E-state index contributed by atoms with van der Waals surface area (Å²) in [6.07, 6.45) is 3.51. The van der Waals surface area contributed by atoms with Gasteiger partial charge < -0.3 is 15.2 Å². The Bertz CT molecular complexity index is 951. The van der Waals surface area contributed by atoms with Crippen LogP contribution in [0.25, 0.3) is 0 Å². The molecule has 9 nitrogen and oxygen atoms in total. The average Bonchev–Trinajstić information content (AvgIpc) is 3.44. The summed E-state index contributed by atoms with van der Waals surface area (Å²) in [6.45, 7) is 3.27. The van der Waals surface area contributed by atoms with Gasteiger partial charge in [-0.15, -0.1) is 0 Å². The molecule has 0 bridgehead atoms. The summed E-state index contributed by atoms with van der Waals surface area (Å²) in [5.74, 6) is 0.0223. The molecule has 2 atom stereocenters. The quantitative estimate of drug-likeness (QED) is 0.703. The normalized spacial score (nSPS) is 19.7. The van der Waals surface area contributed by atoms with Crippen molar-refractivity contribution in [3.63, 3.8) is 0 Å². The highest BCUT2D eigenvalue weighted by atomic mass is 16.5.